The van der Waals surface area contributed by atoms with E-state index in [0.717, 1.165) is 29.0 Å². The standard InChI is InChI=1S/C25H26ClNO3/c1-3-14-25(2,24(28)29-18-21-5-4-15-27-17-21)30-23-12-8-20(9-13-23)16-19-6-10-22(26)11-7-19/h4-13,15,17H,3,14,16,18H2,1-2H3/t25-/m0/s1. The minimum absolute atomic E-state index is 0.176. The molecular weight excluding hydrogens is 398 g/mol. The smallest absolute Gasteiger partial charge is 0.350 e. The van der Waals surface area contributed by atoms with Crippen molar-refractivity contribution in [2.45, 2.75) is 45.3 Å². The number of carbonyl (C=O) groups is 1. The first-order valence-electron chi connectivity index (χ1n) is 10.1. The fourth-order valence-corrected chi connectivity index (χ4v) is 3.36. The van der Waals surface area contributed by atoms with Gasteiger partial charge in [0.15, 0.2) is 0 Å². The maximum atomic E-state index is 12.8. The Morgan fingerprint density at radius 3 is 2.27 bits per heavy atom. The Morgan fingerprint density at radius 2 is 1.67 bits per heavy atom. The summed E-state index contributed by atoms with van der Waals surface area (Å²) < 4.78 is 11.6. The fourth-order valence-electron chi connectivity index (χ4n) is 3.23. The predicted molar refractivity (Wildman–Crippen MR) is 119 cm³/mol. The third-order valence-electron chi connectivity index (χ3n) is 4.84. The number of halogens is 1. The zero-order valence-corrected chi connectivity index (χ0v) is 18.1. The molecule has 0 bridgehead atoms. The van der Waals surface area contributed by atoms with E-state index in [1.807, 2.05) is 67.6 Å². The Hall–Kier alpha value is -2.85. The Labute approximate surface area is 182 Å². The lowest BCUT2D eigenvalue weighted by molar-refractivity contribution is -0.163. The molecule has 0 aliphatic carbocycles. The van der Waals surface area contributed by atoms with Gasteiger partial charge in [0, 0.05) is 23.0 Å². The summed E-state index contributed by atoms with van der Waals surface area (Å²) >= 11 is 5.95. The van der Waals surface area contributed by atoms with Crippen LogP contribution in [-0.2, 0) is 22.6 Å². The summed E-state index contributed by atoms with van der Waals surface area (Å²) in [6, 6.07) is 19.3. The third-order valence-corrected chi connectivity index (χ3v) is 5.09. The lowest BCUT2D eigenvalue weighted by Gasteiger charge is -2.28. The molecule has 30 heavy (non-hydrogen) atoms. The van der Waals surface area contributed by atoms with E-state index in [1.54, 1.807) is 19.3 Å². The van der Waals surface area contributed by atoms with Crippen LogP contribution in [0.2, 0.25) is 5.02 Å². The molecule has 4 nitrogen and oxygen atoms in total. The number of esters is 1. The van der Waals surface area contributed by atoms with E-state index in [0.29, 0.717) is 12.2 Å². The highest BCUT2D eigenvalue weighted by Crippen LogP contribution is 2.26. The second kappa shape index (κ2) is 10.3. The second-order valence-corrected chi connectivity index (χ2v) is 7.90. The van der Waals surface area contributed by atoms with Crippen molar-refractivity contribution in [3.63, 3.8) is 0 Å². The molecule has 1 aromatic heterocycles. The largest absolute Gasteiger partial charge is 0.476 e. The Balaban J connectivity index is 1.64. The maximum Gasteiger partial charge on any atom is 0.350 e. The molecule has 1 atom stereocenters. The summed E-state index contributed by atoms with van der Waals surface area (Å²) in [6.07, 6.45) is 5.53. The van der Waals surface area contributed by atoms with Gasteiger partial charge in [0.05, 0.1) is 0 Å². The summed E-state index contributed by atoms with van der Waals surface area (Å²) in [5.41, 5.74) is 2.13. The van der Waals surface area contributed by atoms with E-state index in [1.165, 1.54) is 5.56 Å². The molecule has 0 unspecified atom stereocenters. The summed E-state index contributed by atoms with van der Waals surface area (Å²) in [7, 11) is 0. The number of hydrogen-bond acceptors (Lipinski definition) is 4. The van der Waals surface area contributed by atoms with Gasteiger partial charge in [0.1, 0.15) is 12.4 Å². The number of aromatic nitrogens is 1. The number of pyridine rings is 1. The summed E-state index contributed by atoms with van der Waals surface area (Å²) in [5, 5.41) is 0.730. The fraction of sp³-hybridized carbons (Fsp3) is 0.280. The van der Waals surface area contributed by atoms with Crippen LogP contribution in [0.3, 0.4) is 0 Å². The van der Waals surface area contributed by atoms with Crippen LogP contribution in [0.1, 0.15) is 43.4 Å². The summed E-state index contributed by atoms with van der Waals surface area (Å²) in [6.45, 7) is 3.98. The molecule has 1 heterocycles. The van der Waals surface area contributed by atoms with Crippen molar-refractivity contribution in [1.29, 1.82) is 0 Å². The van der Waals surface area contributed by atoms with Gasteiger partial charge in [-0.2, -0.15) is 0 Å². The predicted octanol–water partition coefficient (Wildman–Crippen LogP) is 6.01. The molecular formula is C25H26ClNO3. The molecule has 0 fully saturated rings. The zero-order valence-electron chi connectivity index (χ0n) is 17.3. The molecule has 2 aromatic carbocycles. The topological polar surface area (TPSA) is 48.4 Å². The van der Waals surface area contributed by atoms with Crippen LogP contribution in [-0.4, -0.2) is 16.6 Å². The SMILES string of the molecule is CCC[C@](C)(Oc1ccc(Cc2ccc(Cl)cc2)cc1)C(=O)OCc1cccnc1. The zero-order chi connectivity index (χ0) is 21.4. The molecule has 0 aliphatic rings. The molecule has 0 radical (unpaired) electrons. The molecule has 0 N–H and O–H groups in total. The van der Waals surface area contributed by atoms with Gasteiger partial charge < -0.3 is 9.47 Å². The molecule has 5 heteroatoms. The van der Waals surface area contributed by atoms with Crippen LogP contribution in [0, 0.1) is 0 Å². The molecule has 0 spiro atoms. The molecule has 0 amide bonds. The van der Waals surface area contributed by atoms with Gasteiger partial charge in [0.2, 0.25) is 5.60 Å². The van der Waals surface area contributed by atoms with E-state index in [4.69, 9.17) is 21.1 Å². The Kier molecular flexibility index (Phi) is 7.47. The molecule has 0 saturated carbocycles. The van der Waals surface area contributed by atoms with Crippen LogP contribution in [0.4, 0.5) is 0 Å². The number of hydrogen-bond donors (Lipinski definition) is 0. The first-order valence-corrected chi connectivity index (χ1v) is 10.4. The van der Waals surface area contributed by atoms with Crippen LogP contribution in [0.25, 0.3) is 0 Å². The van der Waals surface area contributed by atoms with Crippen molar-refractivity contribution in [3.05, 3.63) is 94.8 Å². The molecule has 156 valence electrons. The molecule has 3 aromatic rings. The van der Waals surface area contributed by atoms with Crippen LogP contribution in [0.5, 0.6) is 5.75 Å². The van der Waals surface area contributed by atoms with E-state index >= 15 is 0 Å². The van der Waals surface area contributed by atoms with Crippen LogP contribution >= 0.6 is 11.6 Å². The van der Waals surface area contributed by atoms with Gasteiger partial charge in [-0.05, 0) is 61.2 Å². The first-order chi connectivity index (χ1) is 14.5. The minimum atomic E-state index is -1.05. The highest BCUT2D eigenvalue weighted by molar-refractivity contribution is 6.30. The van der Waals surface area contributed by atoms with Crippen molar-refractivity contribution in [2.24, 2.45) is 0 Å². The van der Waals surface area contributed by atoms with Crippen molar-refractivity contribution in [1.82, 2.24) is 4.98 Å². The number of ether oxygens (including phenoxy) is 2. The van der Waals surface area contributed by atoms with Gasteiger partial charge in [-0.25, -0.2) is 4.79 Å². The monoisotopic (exact) mass is 423 g/mol. The van der Waals surface area contributed by atoms with E-state index in [9.17, 15) is 4.79 Å². The van der Waals surface area contributed by atoms with Gasteiger partial charge >= 0.3 is 5.97 Å². The summed E-state index contributed by atoms with van der Waals surface area (Å²) in [5.74, 6) is 0.266. The highest BCUT2D eigenvalue weighted by Gasteiger charge is 2.36. The van der Waals surface area contributed by atoms with Crippen molar-refractivity contribution in [2.75, 3.05) is 0 Å². The average Bonchev–Trinajstić information content (AvgIpc) is 2.76. The minimum Gasteiger partial charge on any atom is -0.476 e. The molecule has 0 saturated heterocycles. The van der Waals surface area contributed by atoms with E-state index in [-0.39, 0.29) is 12.6 Å². The van der Waals surface area contributed by atoms with E-state index in [2.05, 4.69) is 4.98 Å². The first kappa shape index (κ1) is 21.8. The van der Waals surface area contributed by atoms with Crippen LogP contribution in [0.15, 0.2) is 73.1 Å². The van der Waals surface area contributed by atoms with Crippen LogP contribution < -0.4 is 4.74 Å². The molecule has 0 aliphatic heterocycles. The van der Waals surface area contributed by atoms with Crippen molar-refractivity contribution >= 4 is 17.6 Å². The number of carbonyl (C=O) groups excluding carboxylic acids is 1. The van der Waals surface area contributed by atoms with Gasteiger partial charge in [-0.1, -0.05) is 55.3 Å². The molecule has 3 rings (SSSR count). The third kappa shape index (κ3) is 6.07. The van der Waals surface area contributed by atoms with Gasteiger partial charge in [-0.15, -0.1) is 0 Å². The normalized spacial score (nSPS) is 12.8. The van der Waals surface area contributed by atoms with Crippen molar-refractivity contribution in [3.8, 4) is 5.75 Å². The Morgan fingerprint density at radius 1 is 1.00 bits per heavy atom. The highest BCUT2D eigenvalue weighted by atomic mass is 35.5. The quantitative estimate of drug-likeness (QED) is 0.395. The van der Waals surface area contributed by atoms with Gasteiger partial charge in [0.25, 0.3) is 0 Å². The maximum absolute atomic E-state index is 12.8. The van der Waals surface area contributed by atoms with Crippen molar-refractivity contribution < 1.29 is 14.3 Å². The lowest BCUT2D eigenvalue weighted by Crippen LogP contribution is -2.42. The number of nitrogens with zero attached hydrogens (tertiary/aromatic N) is 1. The Bertz CT molecular complexity index is 942. The second-order valence-electron chi connectivity index (χ2n) is 7.47. The summed E-state index contributed by atoms with van der Waals surface area (Å²) in [4.78, 5) is 16.8. The lowest BCUT2D eigenvalue weighted by atomic mass is 10.00. The average molecular weight is 424 g/mol. The number of benzene rings is 2. The van der Waals surface area contributed by atoms with Gasteiger partial charge in [-0.3, -0.25) is 4.98 Å². The van der Waals surface area contributed by atoms with E-state index < -0.39 is 5.60 Å². The number of rotatable bonds is 9.